The van der Waals surface area contributed by atoms with Crippen molar-refractivity contribution in [3.8, 4) is 5.75 Å². The Labute approximate surface area is 178 Å². The van der Waals surface area contributed by atoms with E-state index in [-0.39, 0.29) is 17.4 Å². The van der Waals surface area contributed by atoms with Crippen LogP contribution in [0.15, 0.2) is 48.5 Å². The Bertz CT molecular complexity index is 977. The Hall–Kier alpha value is -3.29. The van der Waals surface area contributed by atoms with Crippen LogP contribution >= 0.6 is 0 Å². The van der Waals surface area contributed by atoms with Crippen molar-refractivity contribution in [3.63, 3.8) is 0 Å². The number of carbonyl (C=O) groups is 2. The van der Waals surface area contributed by atoms with Crippen molar-refractivity contribution in [1.29, 1.82) is 0 Å². The fourth-order valence-electron chi connectivity index (χ4n) is 3.36. The summed E-state index contributed by atoms with van der Waals surface area (Å²) in [7, 11) is 1.57. The van der Waals surface area contributed by atoms with E-state index in [1.807, 2.05) is 25.1 Å². The summed E-state index contributed by atoms with van der Waals surface area (Å²) in [5.41, 5.74) is 1.24. The van der Waals surface area contributed by atoms with Crippen LogP contribution in [-0.4, -0.2) is 54.9 Å². The van der Waals surface area contributed by atoms with Crippen LogP contribution in [0.5, 0.6) is 5.75 Å². The molecule has 2 aromatic carbocycles. The SMILES string of the molecule is COc1ccc(C)cc1/C=C/C(=O)N1CCN(C(=O)c2ccc(C(F)(F)F)cc2)CC1. The summed E-state index contributed by atoms with van der Waals surface area (Å²) in [5.74, 6) is 0.146. The zero-order valence-corrected chi connectivity index (χ0v) is 17.3. The van der Waals surface area contributed by atoms with Gasteiger partial charge in [-0.3, -0.25) is 9.59 Å². The van der Waals surface area contributed by atoms with E-state index < -0.39 is 11.7 Å². The topological polar surface area (TPSA) is 49.9 Å². The molecule has 0 atom stereocenters. The lowest BCUT2D eigenvalue weighted by Gasteiger charge is -2.34. The van der Waals surface area contributed by atoms with Gasteiger partial charge in [-0.15, -0.1) is 0 Å². The molecule has 31 heavy (non-hydrogen) atoms. The predicted octanol–water partition coefficient (Wildman–Crippen LogP) is 4.02. The first-order chi connectivity index (χ1) is 14.7. The quantitative estimate of drug-likeness (QED) is 0.686. The highest BCUT2D eigenvalue weighted by atomic mass is 19.4. The molecule has 2 aromatic rings. The Kier molecular flexibility index (Phi) is 6.68. The van der Waals surface area contributed by atoms with Gasteiger partial charge in [0.2, 0.25) is 5.91 Å². The lowest BCUT2D eigenvalue weighted by molar-refractivity contribution is -0.137. The van der Waals surface area contributed by atoms with E-state index in [9.17, 15) is 22.8 Å². The minimum Gasteiger partial charge on any atom is -0.496 e. The molecule has 0 aromatic heterocycles. The van der Waals surface area contributed by atoms with E-state index in [0.29, 0.717) is 31.9 Å². The molecular weight excluding hydrogens is 409 g/mol. The third-order valence-electron chi connectivity index (χ3n) is 5.13. The number of benzene rings is 2. The number of alkyl halides is 3. The summed E-state index contributed by atoms with van der Waals surface area (Å²) in [6, 6.07) is 9.84. The van der Waals surface area contributed by atoms with Crippen LogP contribution in [0.1, 0.15) is 27.0 Å². The van der Waals surface area contributed by atoms with E-state index in [1.54, 1.807) is 23.0 Å². The van der Waals surface area contributed by atoms with Crippen LogP contribution in [0.25, 0.3) is 6.08 Å². The van der Waals surface area contributed by atoms with E-state index in [0.717, 1.165) is 23.3 Å². The first kappa shape index (κ1) is 22.4. The zero-order chi connectivity index (χ0) is 22.6. The number of hydrogen-bond donors (Lipinski definition) is 0. The standard InChI is InChI=1S/C23H23F3N2O3/c1-16-3-9-20(31-2)18(15-16)6-10-21(29)27-11-13-28(14-12-27)22(30)17-4-7-19(8-5-17)23(24,25)26/h3-10,15H,11-14H2,1-2H3/b10-6+. The monoisotopic (exact) mass is 432 g/mol. The normalized spacial score (nSPS) is 14.7. The summed E-state index contributed by atoms with van der Waals surface area (Å²) in [4.78, 5) is 28.3. The molecule has 0 radical (unpaired) electrons. The van der Waals surface area contributed by atoms with Gasteiger partial charge in [0.05, 0.1) is 12.7 Å². The van der Waals surface area contributed by atoms with Gasteiger partial charge in [-0.05, 0) is 49.4 Å². The highest BCUT2D eigenvalue weighted by molar-refractivity contribution is 5.95. The Morgan fingerprint density at radius 1 is 0.968 bits per heavy atom. The number of methoxy groups -OCH3 is 1. The molecule has 2 amide bonds. The molecule has 0 bridgehead atoms. The zero-order valence-electron chi connectivity index (χ0n) is 17.3. The van der Waals surface area contributed by atoms with Gasteiger partial charge in [-0.2, -0.15) is 13.2 Å². The third-order valence-corrected chi connectivity index (χ3v) is 5.13. The average Bonchev–Trinajstić information content (AvgIpc) is 2.76. The lowest BCUT2D eigenvalue weighted by atomic mass is 10.1. The number of piperazine rings is 1. The highest BCUT2D eigenvalue weighted by Gasteiger charge is 2.31. The van der Waals surface area contributed by atoms with Crippen molar-refractivity contribution >= 4 is 17.9 Å². The molecule has 1 saturated heterocycles. The van der Waals surface area contributed by atoms with Gasteiger partial charge in [0.15, 0.2) is 0 Å². The lowest BCUT2D eigenvalue weighted by Crippen LogP contribution is -2.50. The van der Waals surface area contributed by atoms with Gasteiger partial charge in [-0.1, -0.05) is 11.6 Å². The van der Waals surface area contributed by atoms with Crippen LogP contribution in [0.3, 0.4) is 0 Å². The molecule has 0 N–H and O–H groups in total. The number of halogens is 3. The second-order valence-corrected chi connectivity index (χ2v) is 7.27. The van der Waals surface area contributed by atoms with Crippen LogP contribution < -0.4 is 4.74 Å². The number of rotatable bonds is 4. The van der Waals surface area contributed by atoms with Crippen LogP contribution in [0.4, 0.5) is 13.2 Å². The summed E-state index contributed by atoms with van der Waals surface area (Å²) in [6.45, 7) is 3.27. The molecular formula is C23H23F3N2O3. The number of hydrogen-bond acceptors (Lipinski definition) is 3. The smallest absolute Gasteiger partial charge is 0.416 e. The second kappa shape index (κ2) is 9.24. The number of aryl methyl sites for hydroxylation is 1. The molecule has 1 fully saturated rings. The molecule has 0 unspecified atom stereocenters. The van der Waals surface area contributed by atoms with Gasteiger partial charge >= 0.3 is 6.18 Å². The van der Waals surface area contributed by atoms with Gasteiger partial charge in [0.1, 0.15) is 5.75 Å². The van der Waals surface area contributed by atoms with Gasteiger partial charge in [0, 0.05) is 43.4 Å². The van der Waals surface area contributed by atoms with E-state index in [1.165, 1.54) is 18.2 Å². The minimum absolute atomic E-state index is 0.176. The van der Waals surface area contributed by atoms with Gasteiger partial charge in [-0.25, -0.2) is 0 Å². The van der Waals surface area contributed by atoms with Crippen LogP contribution in [0, 0.1) is 6.92 Å². The second-order valence-electron chi connectivity index (χ2n) is 7.27. The van der Waals surface area contributed by atoms with Crippen molar-refractivity contribution in [1.82, 2.24) is 9.80 Å². The van der Waals surface area contributed by atoms with E-state index in [4.69, 9.17) is 4.74 Å². The summed E-state index contributed by atoms with van der Waals surface area (Å²) < 4.78 is 43.3. The molecule has 1 heterocycles. The maximum Gasteiger partial charge on any atom is 0.416 e. The van der Waals surface area contributed by atoms with Gasteiger partial charge < -0.3 is 14.5 Å². The molecule has 8 heteroatoms. The molecule has 164 valence electrons. The number of amides is 2. The highest BCUT2D eigenvalue weighted by Crippen LogP contribution is 2.29. The minimum atomic E-state index is -4.44. The summed E-state index contributed by atoms with van der Waals surface area (Å²) in [5, 5.41) is 0. The first-order valence-electron chi connectivity index (χ1n) is 9.77. The van der Waals surface area contributed by atoms with Crippen molar-refractivity contribution in [3.05, 3.63) is 70.8 Å². The third kappa shape index (κ3) is 5.45. The molecule has 0 saturated carbocycles. The molecule has 0 spiro atoms. The Balaban J connectivity index is 1.58. The predicted molar refractivity (Wildman–Crippen MR) is 111 cm³/mol. The van der Waals surface area contributed by atoms with Crippen molar-refractivity contribution in [2.45, 2.75) is 13.1 Å². The number of ether oxygens (including phenoxy) is 1. The average molecular weight is 432 g/mol. The first-order valence-corrected chi connectivity index (χ1v) is 9.77. The molecule has 1 aliphatic rings. The van der Waals surface area contributed by atoms with E-state index in [2.05, 4.69) is 0 Å². The van der Waals surface area contributed by atoms with Crippen molar-refractivity contribution < 1.29 is 27.5 Å². The maximum absolute atomic E-state index is 12.7. The maximum atomic E-state index is 12.7. The largest absolute Gasteiger partial charge is 0.496 e. The van der Waals surface area contributed by atoms with E-state index >= 15 is 0 Å². The summed E-state index contributed by atoms with van der Waals surface area (Å²) >= 11 is 0. The molecule has 3 rings (SSSR count). The Morgan fingerprint density at radius 3 is 2.16 bits per heavy atom. The summed E-state index contributed by atoms with van der Waals surface area (Å²) in [6.07, 6.45) is -1.26. The molecule has 5 nitrogen and oxygen atoms in total. The number of carbonyl (C=O) groups excluding carboxylic acids is 2. The fraction of sp³-hybridized carbons (Fsp3) is 0.304. The van der Waals surface area contributed by atoms with Gasteiger partial charge in [0.25, 0.3) is 5.91 Å². The molecule has 0 aliphatic carbocycles. The number of nitrogens with zero attached hydrogens (tertiary/aromatic N) is 2. The fourth-order valence-corrected chi connectivity index (χ4v) is 3.36. The van der Waals surface area contributed by atoms with Crippen molar-refractivity contribution in [2.24, 2.45) is 0 Å². The molecule has 1 aliphatic heterocycles. The van der Waals surface area contributed by atoms with Crippen molar-refractivity contribution in [2.75, 3.05) is 33.3 Å². The van der Waals surface area contributed by atoms with Crippen LogP contribution in [-0.2, 0) is 11.0 Å². The van der Waals surface area contributed by atoms with Crippen LogP contribution in [0.2, 0.25) is 0 Å². The Morgan fingerprint density at radius 2 is 1.58 bits per heavy atom.